The molecule has 110 valence electrons. The standard InChI is InChI=1S/C13H24N2O3S/c1-9(2)5-10(6-12(16)17)7-15-13(18)11-8-19-4-3-14-11/h9-11,14H,3-8H2,1-2H3,(H,15,18)(H,16,17)/t10-,11?/m0/s1. The van der Waals surface area contributed by atoms with E-state index in [-0.39, 0.29) is 24.3 Å². The van der Waals surface area contributed by atoms with Gasteiger partial charge in [0.15, 0.2) is 0 Å². The molecule has 0 radical (unpaired) electrons. The fraction of sp³-hybridized carbons (Fsp3) is 0.846. The number of carbonyl (C=O) groups is 2. The fourth-order valence-electron chi connectivity index (χ4n) is 2.25. The lowest BCUT2D eigenvalue weighted by Gasteiger charge is -2.24. The maximum atomic E-state index is 11.9. The molecular weight excluding hydrogens is 264 g/mol. The summed E-state index contributed by atoms with van der Waals surface area (Å²) in [7, 11) is 0. The third-order valence-corrected chi connectivity index (χ3v) is 4.13. The van der Waals surface area contributed by atoms with Crippen molar-refractivity contribution in [1.82, 2.24) is 10.6 Å². The van der Waals surface area contributed by atoms with Gasteiger partial charge in [0.05, 0.1) is 6.04 Å². The van der Waals surface area contributed by atoms with E-state index in [2.05, 4.69) is 24.5 Å². The molecule has 0 aromatic heterocycles. The van der Waals surface area contributed by atoms with Crippen molar-refractivity contribution in [2.45, 2.75) is 32.7 Å². The largest absolute Gasteiger partial charge is 0.481 e. The minimum atomic E-state index is -0.800. The topological polar surface area (TPSA) is 78.4 Å². The van der Waals surface area contributed by atoms with Gasteiger partial charge >= 0.3 is 5.97 Å². The van der Waals surface area contributed by atoms with Gasteiger partial charge in [-0.15, -0.1) is 0 Å². The number of amides is 1. The van der Waals surface area contributed by atoms with Gasteiger partial charge in [-0.2, -0.15) is 11.8 Å². The predicted octanol–water partition coefficient (Wildman–Crippen LogP) is 0.945. The quantitative estimate of drug-likeness (QED) is 0.650. The molecule has 1 heterocycles. The van der Waals surface area contributed by atoms with Crippen molar-refractivity contribution in [3.8, 4) is 0 Å². The first-order chi connectivity index (χ1) is 8.99. The average molecular weight is 288 g/mol. The Hall–Kier alpha value is -0.750. The van der Waals surface area contributed by atoms with Crippen molar-refractivity contribution < 1.29 is 14.7 Å². The summed E-state index contributed by atoms with van der Waals surface area (Å²) in [4.78, 5) is 22.7. The molecule has 1 amide bonds. The smallest absolute Gasteiger partial charge is 0.303 e. The van der Waals surface area contributed by atoms with Crippen molar-refractivity contribution in [2.24, 2.45) is 11.8 Å². The van der Waals surface area contributed by atoms with Crippen LogP contribution in [0, 0.1) is 11.8 Å². The first-order valence-corrected chi connectivity index (χ1v) is 7.95. The Morgan fingerprint density at radius 2 is 2.21 bits per heavy atom. The lowest BCUT2D eigenvalue weighted by Crippen LogP contribution is -2.49. The van der Waals surface area contributed by atoms with Crippen molar-refractivity contribution >= 4 is 23.6 Å². The number of carbonyl (C=O) groups excluding carboxylic acids is 1. The van der Waals surface area contributed by atoms with E-state index < -0.39 is 5.97 Å². The van der Waals surface area contributed by atoms with Crippen LogP contribution in [0.3, 0.4) is 0 Å². The van der Waals surface area contributed by atoms with Crippen molar-refractivity contribution in [1.29, 1.82) is 0 Å². The maximum Gasteiger partial charge on any atom is 0.303 e. The van der Waals surface area contributed by atoms with Gasteiger partial charge in [0, 0.05) is 31.0 Å². The normalized spacial score (nSPS) is 21.1. The second-order valence-electron chi connectivity index (χ2n) is 5.42. The monoisotopic (exact) mass is 288 g/mol. The van der Waals surface area contributed by atoms with Crippen LogP contribution in [-0.4, -0.2) is 47.6 Å². The number of carboxylic acid groups (broad SMARTS) is 1. The fourth-order valence-corrected chi connectivity index (χ4v) is 3.19. The molecule has 5 nitrogen and oxygen atoms in total. The summed E-state index contributed by atoms with van der Waals surface area (Å²) in [6.45, 7) is 5.44. The highest BCUT2D eigenvalue weighted by atomic mass is 32.2. The molecular formula is C13H24N2O3S. The van der Waals surface area contributed by atoms with Gasteiger partial charge in [-0.25, -0.2) is 0 Å². The van der Waals surface area contributed by atoms with Crippen LogP contribution in [0.15, 0.2) is 0 Å². The Kier molecular flexibility index (Phi) is 7.23. The third-order valence-electron chi connectivity index (χ3n) is 3.07. The van der Waals surface area contributed by atoms with E-state index >= 15 is 0 Å². The number of hydrogen-bond acceptors (Lipinski definition) is 4. The van der Waals surface area contributed by atoms with Crippen LogP contribution in [0.4, 0.5) is 0 Å². The summed E-state index contributed by atoms with van der Waals surface area (Å²) >= 11 is 1.77. The van der Waals surface area contributed by atoms with E-state index in [1.54, 1.807) is 11.8 Å². The van der Waals surface area contributed by atoms with Gasteiger partial charge in [-0.3, -0.25) is 9.59 Å². The van der Waals surface area contributed by atoms with Crippen LogP contribution < -0.4 is 10.6 Å². The van der Waals surface area contributed by atoms with E-state index in [1.165, 1.54) is 0 Å². The SMILES string of the molecule is CC(C)C[C@H](CNC(=O)C1CSCCN1)CC(=O)O. The minimum Gasteiger partial charge on any atom is -0.481 e. The lowest BCUT2D eigenvalue weighted by atomic mass is 9.94. The second-order valence-corrected chi connectivity index (χ2v) is 6.57. The number of nitrogens with one attached hydrogen (secondary N) is 2. The van der Waals surface area contributed by atoms with Crippen LogP contribution in [0.2, 0.25) is 0 Å². The van der Waals surface area contributed by atoms with Crippen molar-refractivity contribution in [3.63, 3.8) is 0 Å². The average Bonchev–Trinajstić information content (AvgIpc) is 2.35. The first kappa shape index (κ1) is 16.3. The highest BCUT2D eigenvalue weighted by Crippen LogP contribution is 2.15. The Labute approximate surface area is 118 Å². The minimum absolute atomic E-state index is 0.00801. The van der Waals surface area contributed by atoms with Crippen molar-refractivity contribution in [3.05, 3.63) is 0 Å². The summed E-state index contributed by atoms with van der Waals surface area (Å²) in [6, 6.07) is -0.136. The van der Waals surface area contributed by atoms with Crippen LogP contribution in [0.1, 0.15) is 26.7 Å². The first-order valence-electron chi connectivity index (χ1n) is 6.79. The summed E-state index contributed by atoms with van der Waals surface area (Å²) < 4.78 is 0. The molecule has 0 aromatic rings. The molecule has 19 heavy (non-hydrogen) atoms. The zero-order valence-electron chi connectivity index (χ0n) is 11.6. The number of thioether (sulfide) groups is 1. The Balaban J connectivity index is 2.36. The molecule has 0 bridgehead atoms. The number of hydrogen-bond donors (Lipinski definition) is 3. The molecule has 2 atom stereocenters. The third kappa shape index (κ3) is 6.82. The van der Waals surface area contributed by atoms with Gasteiger partial charge < -0.3 is 15.7 Å². The molecule has 0 saturated carbocycles. The number of rotatable bonds is 7. The Morgan fingerprint density at radius 1 is 1.47 bits per heavy atom. The van der Waals surface area contributed by atoms with Crippen LogP contribution >= 0.6 is 11.8 Å². The highest BCUT2D eigenvalue weighted by molar-refractivity contribution is 7.99. The van der Waals surface area contributed by atoms with E-state index in [9.17, 15) is 9.59 Å². The highest BCUT2D eigenvalue weighted by Gasteiger charge is 2.22. The predicted molar refractivity (Wildman–Crippen MR) is 77.3 cm³/mol. The molecule has 1 aliphatic rings. The summed E-state index contributed by atoms with van der Waals surface area (Å²) in [5, 5.41) is 14.9. The van der Waals surface area contributed by atoms with Gasteiger partial charge in [-0.1, -0.05) is 13.8 Å². The van der Waals surface area contributed by atoms with E-state index in [0.29, 0.717) is 12.5 Å². The van der Waals surface area contributed by atoms with Gasteiger partial charge in [0.25, 0.3) is 0 Å². The van der Waals surface area contributed by atoms with Gasteiger partial charge in [0.2, 0.25) is 5.91 Å². The van der Waals surface area contributed by atoms with Crippen LogP contribution in [-0.2, 0) is 9.59 Å². The summed E-state index contributed by atoms with van der Waals surface area (Å²) in [6.07, 6.45) is 0.935. The molecule has 0 aliphatic carbocycles. The van der Waals surface area contributed by atoms with E-state index in [1.807, 2.05) is 0 Å². The Bertz CT molecular complexity index is 304. The molecule has 1 unspecified atom stereocenters. The molecule has 0 spiro atoms. The molecule has 3 N–H and O–H groups in total. The number of carboxylic acids is 1. The zero-order chi connectivity index (χ0) is 14.3. The lowest BCUT2D eigenvalue weighted by molar-refractivity contribution is -0.138. The molecule has 1 saturated heterocycles. The maximum absolute atomic E-state index is 11.9. The summed E-state index contributed by atoms with van der Waals surface area (Å²) in [5.41, 5.74) is 0. The van der Waals surface area contributed by atoms with Gasteiger partial charge in [-0.05, 0) is 18.3 Å². The molecule has 6 heteroatoms. The zero-order valence-corrected chi connectivity index (χ0v) is 12.5. The second kappa shape index (κ2) is 8.43. The van der Waals surface area contributed by atoms with Gasteiger partial charge in [0.1, 0.15) is 0 Å². The van der Waals surface area contributed by atoms with E-state index in [4.69, 9.17) is 5.11 Å². The molecule has 0 aromatic carbocycles. The van der Waals surface area contributed by atoms with E-state index in [0.717, 1.165) is 24.5 Å². The molecule has 1 rings (SSSR count). The number of aliphatic carboxylic acids is 1. The van der Waals surface area contributed by atoms with Crippen LogP contribution in [0.5, 0.6) is 0 Å². The van der Waals surface area contributed by atoms with Crippen molar-refractivity contribution in [2.75, 3.05) is 24.6 Å². The molecule has 1 aliphatic heterocycles. The Morgan fingerprint density at radius 3 is 2.74 bits per heavy atom. The summed E-state index contributed by atoms with van der Waals surface area (Å²) in [5.74, 6) is 1.47. The molecule has 1 fully saturated rings. The van der Waals surface area contributed by atoms with Crippen LogP contribution in [0.25, 0.3) is 0 Å².